The second-order valence-corrected chi connectivity index (χ2v) is 5.20. The van der Waals surface area contributed by atoms with E-state index in [9.17, 15) is 4.79 Å². The van der Waals surface area contributed by atoms with Crippen molar-refractivity contribution in [3.05, 3.63) is 17.5 Å². The first kappa shape index (κ1) is 13.7. The molecule has 1 rings (SSSR count). The minimum atomic E-state index is -0.175. The van der Waals surface area contributed by atoms with Crippen molar-refractivity contribution in [1.82, 2.24) is 10.5 Å². The molecule has 0 bridgehead atoms. The van der Waals surface area contributed by atoms with Gasteiger partial charge in [0.15, 0.2) is 0 Å². The lowest BCUT2D eigenvalue weighted by Crippen LogP contribution is -2.34. The molecule has 17 heavy (non-hydrogen) atoms. The smallest absolute Gasteiger partial charge is 0.290 e. The van der Waals surface area contributed by atoms with Gasteiger partial charge in [-0.2, -0.15) is 0 Å². The van der Waals surface area contributed by atoms with Crippen LogP contribution in [0.2, 0.25) is 0 Å². The molecule has 0 aliphatic heterocycles. The van der Waals surface area contributed by atoms with Crippen molar-refractivity contribution in [2.45, 2.75) is 34.6 Å². The van der Waals surface area contributed by atoms with Gasteiger partial charge in [0.2, 0.25) is 5.76 Å². The van der Waals surface area contributed by atoms with Crippen molar-refractivity contribution >= 4 is 5.91 Å². The number of aromatic nitrogens is 1. The minimum Gasteiger partial charge on any atom is -0.351 e. The molecular weight excluding hydrogens is 216 g/mol. The van der Waals surface area contributed by atoms with Crippen molar-refractivity contribution < 1.29 is 9.32 Å². The Morgan fingerprint density at radius 1 is 1.35 bits per heavy atom. The van der Waals surface area contributed by atoms with E-state index in [1.54, 1.807) is 6.20 Å². The van der Waals surface area contributed by atoms with Crippen LogP contribution < -0.4 is 5.32 Å². The molecular formula is C13H22N2O2. The van der Waals surface area contributed by atoms with Crippen LogP contribution in [0.25, 0.3) is 0 Å². The zero-order valence-corrected chi connectivity index (χ0v) is 11.3. The van der Waals surface area contributed by atoms with Crippen molar-refractivity contribution in [3.8, 4) is 0 Å². The summed E-state index contributed by atoms with van der Waals surface area (Å²) in [6, 6.07) is 0. The Hall–Kier alpha value is -1.32. The number of nitrogens with one attached hydrogen (secondary N) is 1. The second kappa shape index (κ2) is 5.84. The van der Waals surface area contributed by atoms with E-state index in [1.807, 2.05) is 6.92 Å². The highest BCUT2D eigenvalue weighted by Gasteiger charge is 2.20. The number of hydrogen-bond acceptors (Lipinski definition) is 3. The summed E-state index contributed by atoms with van der Waals surface area (Å²) in [7, 11) is 0. The molecule has 0 aliphatic rings. The van der Waals surface area contributed by atoms with Gasteiger partial charge in [-0.25, -0.2) is 0 Å². The first-order valence-corrected chi connectivity index (χ1v) is 6.13. The molecule has 4 nitrogen and oxygen atoms in total. The summed E-state index contributed by atoms with van der Waals surface area (Å²) in [5.41, 5.74) is 0.771. The number of aryl methyl sites for hydroxylation is 1. The molecule has 0 fully saturated rings. The van der Waals surface area contributed by atoms with Gasteiger partial charge in [0.05, 0.1) is 6.20 Å². The maximum absolute atomic E-state index is 11.8. The lowest BCUT2D eigenvalue weighted by molar-refractivity contribution is 0.0899. The maximum atomic E-state index is 11.8. The molecule has 4 heteroatoms. The fourth-order valence-corrected chi connectivity index (χ4v) is 2.04. The Morgan fingerprint density at radius 2 is 1.94 bits per heavy atom. The van der Waals surface area contributed by atoms with Gasteiger partial charge in [0, 0.05) is 12.1 Å². The summed E-state index contributed by atoms with van der Waals surface area (Å²) in [4.78, 5) is 11.8. The number of rotatable bonds is 5. The predicted octanol–water partition coefficient (Wildman–Crippen LogP) is 2.64. The lowest BCUT2D eigenvalue weighted by atomic mass is 9.85. The molecule has 0 aliphatic carbocycles. The van der Waals surface area contributed by atoms with Gasteiger partial charge in [0.25, 0.3) is 5.91 Å². The Balaban J connectivity index is 2.56. The molecule has 1 heterocycles. The number of nitrogens with zero attached hydrogens (tertiary/aromatic N) is 1. The number of carbonyl (C=O) groups excluding carboxylic acids is 1. The Labute approximate surface area is 103 Å². The molecule has 1 N–H and O–H groups in total. The highest BCUT2D eigenvalue weighted by Crippen LogP contribution is 2.19. The van der Waals surface area contributed by atoms with Crippen LogP contribution in [0.4, 0.5) is 0 Å². The average molecular weight is 238 g/mol. The van der Waals surface area contributed by atoms with Gasteiger partial charge in [0.1, 0.15) is 0 Å². The second-order valence-electron chi connectivity index (χ2n) is 5.20. The van der Waals surface area contributed by atoms with E-state index >= 15 is 0 Å². The maximum Gasteiger partial charge on any atom is 0.290 e. The fraction of sp³-hybridized carbons (Fsp3) is 0.692. The largest absolute Gasteiger partial charge is 0.351 e. The summed E-state index contributed by atoms with van der Waals surface area (Å²) >= 11 is 0. The molecule has 0 unspecified atom stereocenters. The topological polar surface area (TPSA) is 55.1 Å². The molecule has 0 saturated heterocycles. The zero-order valence-electron chi connectivity index (χ0n) is 11.3. The molecule has 0 spiro atoms. The minimum absolute atomic E-state index is 0.175. The van der Waals surface area contributed by atoms with E-state index < -0.39 is 0 Å². The normalized spacial score (nSPS) is 11.5. The van der Waals surface area contributed by atoms with Crippen LogP contribution in [0.1, 0.15) is 43.8 Å². The zero-order chi connectivity index (χ0) is 13.0. The SMILES string of the molecule is Cc1cnoc1C(=O)NCC(C(C)C)C(C)C. The summed E-state index contributed by atoms with van der Waals surface area (Å²) in [5.74, 6) is 1.71. The van der Waals surface area contributed by atoms with Crippen LogP contribution in [0.15, 0.2) is 10.7 Å². The number of carbonyl (C=O) groups is 1. The van der Waals surface area contributed by atoms with E-state index in [-0.39, 0.29) is 5.91 Å². The molecule has 1 aromatic rings. The first-order chi connectivity index (χ1) is 7.93. The van der Waals surface area contributed by atoms with E-state index in [1.165, 1.54) is 0 Å². The van der Waals surface area contributed by atoms with Gasteiger partial charge in [-0.05, 0) is 24.7 Å². The Kier molecular flexibility index (Phi) is 4.73. The van der Waals surface area contributed by atoms with Crippen LogP contribution >= 0.6 is 0 Å². The quantitative estimate of drug-likeness (QED) is 0.858. The van der Waals surface area contributed by atoms with Gasteiger partial charge >= 0.3 is 0 Å². The molecule has 1 amide bonds. The number of amides is 1. The molecule has 0 saturated carbocycles. The van der Waals surface area contributed by atoms with Gasteiger partial charge in [-0.1, -0.05) is 32.9 Å². The molecule has 96 valence electrons. The molecule has 0 atom stereocenters. The van der Waals surface area contributed by atoms with Crippen LogP contribution in [-0.4, -0.2) is 17.6 Å². The highest BCUT2D eigenvalue weighted by molar-refractivity contribution is 5.92. The summed E-state index contributed by atoms with van der Waals surface area (Å²) in [5, 5.41) is 6.52. The fourth-order valence-electron chi connectivity index (χ4n) is 2.04. The standard InChI is InChI=1S/C13H22N2O2/c1-8(2)11(9(3)4)7-14-13(16)12-10(5)6-15-17-12/h6,8-9,11H,7H2,1-5H3,(H,14,16). The van der Waals surface area contributed by atoms with Crippen LogP contribution in [0.5, 0.6) is 0 Å². The van der Waals surface area contributed by atoms with E-state index in [2.05, 4.69) is 38.2 Å². The van der Waals surface area contributed by atoms with Crippen LogP contribution in [0.3, 0.4) is 0 Å². The van der Waals surface area contributed by atoms with Crippen LogP contribution in [0, 0.1) is 24.7 Å². The monoisotopic (exact) mass is 238 g/mol. The summed E-state index contributed by atoms with van der Waals surface area (Å²) < 4.78 is 4.92. The average Bonchev–Trinajstić information content (AvgIpc) is 2.63. The summed E-state index contributed by atoms with van der Waals surface area (Å²) in [6.07, 6.45) is 1.55. The highest BCUT2D eigenvalue weighted by atomic mass is 16.5. The molecule has 1 aromatic heterocycles. The van der Waals surface area contributed by atoms with Gasteiger partial charge in [-0.3, -0.25) is 4.79 Å². The third kappa shape index (κ3) is 3.58. The van der Waals surface area contributed by atoms with Crippen LogP contribution in [-0.2, 0) is 0 Å². The third-order valence-electron chi connectivity index (χ3n) is 3.17. The Morgan fingerprint density at radius 3 is 2.35 bits per heavy atom. The van der Waals surface area contributed by atoms with Crippen molar-refractivity contribution in [2.24, 2.45) is 17.8 Å². The van der Waals surface area contributed by atoms with E-state index in [0.717, 1.165) is 5.56 Å². The van der Waals surface area contributed by atoms with Gasteiger partial charge < -0.3 is 9.84 Å². The van der Waals surface area contributed by atoms with Crippen molar-refractivity contribution in [3.63, 3.8) is 0 Å². The van der Waals surface area contributed by atoms with Crippen molar-refractivity contribution in [1.29, 1.82) is 0 Å². The van der Waals surface area contributed by atoms with E-state index in [4.69, 9.17) is 4.52 Å². The van der Waals surface area contributed by atoms with E-state index in [0.29, 0.717) is 30.1 Å². The first-order valence-electron chi connectivity index (χ1n) is 6.13. The predicted molar refractivity (Wildman–Crippen MR) is 66.7 cm³/mol. The lowest BCUT2D eigenvalue weighted by Gasteiger charge is -2.24. The molecule has 0 radical (unpaired) electrons. The third-order valence-corrected chi connectivity index (χ3v) is 3.17. The molecule has 0 aromatic carbocycles. The Bertz CT molecular complexity index is 361. The number of hydrogen-bond donors (Lipinski definition) is 1. The summed E-state index contributed by atoms with van der Waals surface area (Å²) in [6.45, 7) is 11.2. The van der Waals surface area contributed by atoms with Gasteiger partial charge in [-0.15, -0.1) is 0 Å². The van der Waals surface area contributed by atoms with Crippen molar-refractivity contribution in [2.75, 3.05) is 6.54 Å².